The van der Waals surface area contributed by atoms with Gasteiger partial charge in [-0.3, -0.25) is 19.2 Å². The first-order valence-electron chi connectivity index (χ1n) is 13.6. The van der Waals surface area contributed by atoms with Crippen molar-refractivity contribution in [1.82, 2.24) is 0 Å². The second kappa shape index (κ2) is 7.72. The number of epoxide rings is 1. The largest absolute Gasteiger partial charge is 0.481 e. The minimum Gasteiger partial charge on any atom is -0.481 e. The van der Waals surface area contributed by atoms with Crippen LogP contribution >= 0.6 is 0 Å². The number of hydrogen-bond donors (Lipinski definition) is 2. The molecule has 9 atom stereocenters. The van der Waals surface area contributed by atoms with Gasteiger partial charge in [0.15, 0.2) is 11.6 Å². The van der Waals surface area contributed by atoms with Crippen LogP contribution in [0.25, 0.3) is 0 Å². The number of carbonyl (C=O) groups excluding carboxylic acids is 3. The van der Waals surface area contributed by atoms with E-state index in [1.807, 2.05) is 13.8 Å². The van der Waals surface area contributed by atoms with Crippen molar-refractivity contribution < 1.29 is 34.1 Å². The molecule has 0 radical (unpaired) electrons. The molecule has 0 aromatic heterocycles. The van der Waals surface area contributed by atoms with E-state index in [0.29, 0.717) is 12.0 Å². The van der Waals surface area contributed by atoms with Gasteiger partial charge in [-0.1, -0.05) is 40.2 Å². The molecule has 3 saturated carbocycles. The normalized spacial score (nSPS) is 46.7. The summed E-state index contributed by atoms with van der Waals surface area (Å²) >= 11 is 0. The predicted octanol–water partition coefficient (Wildman–Crippen LogP) is 4.07. The van der Waals surface area contributed by atoms with Gasteiger partial charge in [0.1, 0.15) is 11.4 Å². The number of carboxylic acid groups (broad SMARTS) is 1. The Morgan fingerprint density at radius 2 is 1.84 bits per heavy atom. The number of allylic oxidation sites excluding steroid dienone is 3. The zero-order valence-electron chi connectivity index (χ0n) is 23.0. The molecule has 4 fully saturated rings. The molecule has 0 bridgehead atoms. The summed E-state index contributed by atoms with van der Waals surface area (Å²) in [5, 5.41) is 20.0. The molecular weight excluding hydrogens is 472 g/mol. The molecule has 4 aliphatic carbocycles. The van der Waals surface area contributed by atoms with Gasteiger partial charge in [-0.25, -0.2) is 0 Å². The van der Waals surface area contributed by atoms with E-state index in [0.717, 1.165) is 18.4 Å². The number of Topliss-reactive ketones (excluding diaryl/α,β-unsaturated/α-hetero) is 1. The van der Waals surface area contributed by atoms with Gasteiger partial charge in [0, 0.05) is 18.8 Å². The van der Waals surface area contributed by atoms with Crippen LogP contribution in [0.4, 0.5) is 0 Å². The number of carbonyl (C=O) groups is 4. The van der Waals surface area contributed by atoms with Crippen LogP contribution in [0.5, 0.6) is 0 Å². The highest BCUT2D eigenvalue weighted by atomic mass is 16.6. The van der Waals surface area contributed by atoms with Crippen molar-refractivity contribution in [2.45, 2.75) is 98.4 Å². The number of aliphatic carboxylic acids is 1. The van der Waals surface area contributed by atoms with E-state index < -0.39 is 40.3 Å². The quantitative estimate of drug-likeness (QED) is 0.421. The summed E-state index contributed by atoms with van der Waals surface area (Å²) in [5.41, 5.74) is -2.12. The number of aliphatic hydroxyl groups is 1. The zero-order chi connectivity index (χ0) is 27.5. The number of ketones is 3. The van der Waals surface area contributed by atoms with E-state index in [1.54, 1.807) is 13.0 Å². The average Bonchev–Trinajstić information content (AvgIpc) is 3.49. The molecule has 1 unspecified atom stereocenters. The summed E-state index contributed by atoms with van der Waals surface area (Å²) in [6.07, 6.45) is 4.70. The van der Waals surface area contributed by atoms with Crippen LogP contribution in [-0.2, 0) is 23.9 Å². The minimum absolute atomic E-state index is 0.0160. The lowest BCUT2D eigenvalue weighted by atomic mass is 9.40. The minimum atomic E-state index is -1.07. The summed E-state index contributed by atoms with van der Waals surface area (Å²) in [4.78, 5) is 52.0. The van der Waals surface area contributed by atoms with Crippen molar-refractivity contribution in [3.8, 4) is 0 Å². The average molecular weight is 513 g/mol. The Bertz CT molecular complexity index is 1180. The van der Waals surface area contributed by atoms with E-state index in [-0.39, 0.29) is 53.0 Å². The monoisotopic (exact) mass is 512 g/mol. The standard InChI is InChI=1S/C30H40O7/c1-15(10-17(31)11-16(2)25(35)36)18-12-23(34)29(7)28(18,6)22(33)13-20-27(5)9-8-21(32)26(3,4)19(27)14-24-30(20,29)37-24/h10,13,16,18-19,21,24,32H,8-9,11-12,14H2,1-7H3,(H,35,36)/b15-10+/t16?,18-,19+,21+,24-,27+,28+,29-,30+/m1/s1. The van der Waals surface area contributed by atoms with Crippen LogP contribution in [0.3, 0.4) is 0 Å². The molecule has 1 spiro atoms. The van der Waals surface area contributed by atoms with Gasteiger partial charge in [-0.15, -0.1) is 0 Å². The molecule has 1 aliphatic heterocycles. The summed E-state index contributed by atoms with van der Waals surface area (Å²) in [7, 11) is 0. The number of aliphatic hydroxyl groups excluding tert-OH is 1. The third-order valence-corrected chi connectivity index (χ3v) is 11.7. The maximum atomic E-state index is 14.2. The van der Waals surface area contributed by atoms with E-state index >= 15 is 0 Å². The third-order valence-electron chi connectivity index (χ3n) is 11.7. The molecule has 1 saturated heterocycles. The smallest absolute Gasteiger partial charge is 0.306 e. The van der Waals surface area contributed by atoms with Gasteiger partial charge in [-0.05, 0) is 67.6 Å². The first kappa shape index (κ1) is 26.5. The Balaban J connectivity index is 1.58. The fourth-order valence-corrected chi connectivity index (χ4v) is 9.13. The second-order valence-electron chi connectivity index (χ2n) is 13.7. The number of fused-ring (bicyclic) bond motifs is 3. The highest BCUT2D eigenvalue weighted by Gasteiger charge is 2.86. The molecule has 1 heterocycles. The number of hydrogen-bond acceptors (Lipinski definition) is 6. The maximum absolute atomic E-state index is 14.2. The van der Waals surface area contributed by atoms with Crippen LogP contribution in [-0.4, -0.2) is 51.3 Å². The highest BCUT2D eigenvalue weighted by Crippen LogP contribution is 2.78. The third kappa shape index (κ3) is 3.01. The molecule has 0 aromatic rings. The predicted molar refractivity (Wildman–Crippen MR) is 135 cm³/mol. The SMILES string of the molecule is C/C(=C\C(=O)CC(C)C(=O)O)[C@H]1CC(=O)[C@]2(C)[C@]1(C)C(=O)C=C1[C@@]3(C)CC[C@H](O)C(C)(C)[C@@H]3C[C@H]3O[C@@]132. The molecule has 202 valence electrons. The Morgan fingerprint density at radius 1 is 1.19 bits per heavy atom. The fraction of sp³-hybridized carbons (Fsp3) is 0.733. The van der Waals surface area contributed by atoms with Crippen molar-refractivity contribution >= 4 is 23.3 Å². The number of ether oxygens (including phenoxy) is 1. The van der Waals surface area contributed by atoms with Crippen LogP contribution in [0, 0.1) is 39.4 Å². The molecule has 7 nitrogen and oxygen atoms in total. The van der Waals surface area contributed by atoms with Crippen LogP contribution < -0.4 is 0 Å². The van der Waals surface area contributed by atoms with Gasteiger partial charge in [-0.2, -0.15) is 0 Å². The lowest BCUT2D eigenvalue weighted by Crippen LogP contribution is -2.65. The van der Waals surface area contributed by atoms with Crippen LogP contribution in [0.15, 0.2) is 23.3 Å². The van der Waals surface area contributed by atoms with Crippen molar-refractivity contribution in [2.24, 2.45) is 39.4 Å². The second-order valence-corrected chi connectivity index (χ2v) is 13.7. The van der Waals surface area contributed by atoms with Crippen molar-refractivity contribution in [3.63, 3.8) is 0 Å². The van der Waals surface area contributed by atoms with Crippen molar-refractivity contribution in [3.05, 3.63) is 23.3 Å². The summed E-state index contributed by atoms with van der Waals surface area (Å²) in [6, 6.07) is 0. The topological polar surface area (TPSA) is 121 Å². The molecule has 0 amide bonds. The van der Waals surface area contributed by atoms with E-state index in [4.69, 9.17) is 4.74 Å². The van der Waals surface area contributed by atoms with Crippen LogP contribution in [0.1, 0.15) is 80.6 Å². The lowest BCUT2D eigenvalue weighted by Gasteiger charge is -2.61. The summed E-state index contributed by atoms with van der Waals surface area (Å²) < 4.78 is 6.57. The Kier molecular flexibility index (Phi) is 5.53. The van der Waals surface area contributed by atoms with Gasteiger partial charge in [0.05, 0.1) is 29.0 Å². The Hall–Kier alpha value is -2.12. The molecule has 2 N–H and O–H groups in total. The zero-order valence-corrected chi connectivity index (χ0v) is 23.0. The summed E-state index contributed by atoms with van der Waals surface area (Å²) in [5.74, 6) is -2.62. The summed E-state index contributed by atoms with van der Waals surface area (Å²) in [6.45, 7) is 13.4. The van der Waals surface area contributed by atoms with E-state index in [9.17, 15) is 29.4 Å². The number of rotatable bonds is 5. The lowest BCUT2D eigenvalue weighted by molar-refractivity contribution is -0.149. The molecular formula is C30H40O7. The molecule has 5 aliphatic rings. The first-order valence-corrected chi connectivity index (χ1v) is 13.6. The van der Waals surface area contributed by atoms with Gasteiger partial charge in [0.2, 0.25) is 0 Å². The number of carboxylic acids is 1. The van der Waals surface area contributed by atoms with Gasteiger partial charge >= 0.3 is 5.97 Å². The van der Waals surface area contributed by atoms with Gasteiger partial charge in [0.25, 0.3) is 0 Å². The Labute approximate surface area is 218 Å². The Morgan fingerprint density at radius 3 is 2.46 bits per heavy atom. The fourth-order valence-electron chi connectivity index (χ4n) is 9.13. The molecule has 0 aromatic carbocycles. The van der Waals surface area contributed by atoms with E-state index in [1.165, 1.54) is 13.0 Å². The van der Waals surface area contributed by atoms with Crippen molar-refractivity contribution in [1.29, 1.82) is 0 Å². The molecule has 5 rings (SSSR count). The first-order chi connectivity index (χ1) is 17.0. The van der Waals surface area contributed by atoms with Crippen molar-refractivity contribution in [2.75, 3.05) is 0 Å². The van der Waals surface area contributed by atoms with E-state index in [2.05, 4.69) is 20.8 Å². The highest BCUT2D eigenvalue weighted by molar-refractivity contribution is 6.08. The molecule has 37 heavy (non-hydrogen) atoms. The van der Waals surface area contributed by atoms with Crippen LogP contribution in [0.2, 0.25) is 0 Å². The maximum Gasteiger partial charge on any atom is 0.306 e. The molecule has 7 heteroatoms. The van der Waals surface area contributed by atoms with Gasteiger partial charge < -0.3 is 14.9 Å².